The lowest BCUT2D eigenvalue weighted by molar-refractivity contribution is -0.159. The highest BCUT2D eigenvalue weighted by molar-refractivity contribution is 5.48. The van der Waals surface area contributed by atoms with E-state index in [1.54, 1.807) is 12.1 Å². The number of alkyl halides is 3. The minimum Gasteiger partial charge on any atom is -0.329 e. The molecule has 5 nitrogen and oxygen atoms in total. The van der Waals surface area contributed by atoms with Crippen LogP contribution in [-0.4, -0.2) is 21.7 Å². The van der Waals surface area contributed by atoms with Crippen molar-refractivity contribution >= 4 is 0 Å². The molecule has 20 heavy (non-hydrogen) atoms. The SMILES string of the molecule is FC(F)(F)c1nc(-c2cccc(C3CCCN3)n2)no1. The summed E-state index contributed by atoms with van der Waals surface area (Å²) in [6.45, 7) is 0.914. The topological polar surface area (TPSA) is 63.8 Å². The second-order valence-electron chi connectivity index (χ2n) is 4.52. The zero-order chi connectivity index (χ0) is 14.2. The molecule has 1 aliphatic heterocycles. The van der Waals surface area contributed by atoms with Gasteiger partial charge in [-0.15, -0.1) is 0 Å². The number of rotatable bonds is 2. The Labute approximate surface area is 112 Å². The molecule has 1 saturated heterocycles. The average Bonchev–Trinajstić information content (AvgIpc) is 3.10. The van der Waals surface area contributed by atoms with E-state index in [1.807, 2.05) is 6.07 Å². The van der Waals surface area contributed by atoms with Crippen molar-refractivity contribution in [2.75, 3.05) is 6.54 Å². The minimum atomic E-state index is -4.64. The van der Waals surface area contributed by atoms with E-state index < -0.39 is 12.1 Å². The number of halogens is 3. The van der Waals surface area contributed by atoms with E-state index in [-0.39, 0.29) is 17.6 Å². The fourth-order valence-electron chi connectivity index (χ4n) is 2.15. The number of aromatic nitrogens is 3. The molecule has 1 fully saturated rings. The van der Waals surface area contributed by atoms with Gasteiger partial charge in [0.2, 0.25) is 5.82 Å². The van der Waals surface area contributed by atoms with Gasteiger partial charge in [-0.25, -0.2) is 4.98 Å². The third kappa shape index (κ3) is 2.51. The molecule has 1 atom stereocenters. The fourth-order valence-corrected chi connectivity index (χ4v) is 2.15. The lowest BCUT2D eigenvalue weighted by atomic mass is 10.1. The van der Waals surface area contributed by atoms with Crippen LogP contribution in [0.25, 0.3) is 11.5 Å². The first-order valence-corrected chi connectivity index (χ1v) is 6.15. The summed E-state index contributed by atoms with van der Waals surface area (Å²) in [7, 11) is 0. The maximum Gasteiger partial charge on any atom is 0.471 e. The van der Waals surface area contributed by atoms with Gasteiger partial charge in [0.15, 0.2) is 0 Å². The first kappa shape index (κ1) is 13.0. The molecular weight excluding hydrogens is 273 g/mol. The van der Waals surface area contributed by atoms with Crippen LogP contribution in [0.15, 0.2) is 22.7 Å². The molecule has 0 aliphatic carbocycles. The van der Waals surface area contributed by atoms with Crippen LogP contribution in [0.3, 0.4) is 0 Å². The fraction of sp³-hybridized carbons (Fsp3) is 0.417. The number of hydrogen-bond acceptors (Lipinski definition) is 5. The van der Waals surface area contributed by atoms with Crippen LogP contribution >= 0.6 is 0 Å². The van der Waals surface area contributed by atoms with E-state index in [9.17, 15) is 13.2 Å². The molecule has 1 unspecified atom stereocenters. The monoisotopic (exact) mass is 284 g/mol. The van der Waals surface area contributed by atoms with Gasteiger partial charge in [0, 0.05) is 6.04 Å². The van der Waals surface area contributed by atoms with Crippen LogP contribution in [-0.2, 0) is 6.18 Å². The van der Waals surface area contributed by atoms with Gasteiger partial charge in [-0.2, -0.15) is 18.2 Å². The molecule has 106 valence electrons. The molecule has 0 spiro atoms. The Kier molecular flexibility index (Phi) is 3.17. The Bertz CT molecular complexity index is 605. The number of pyridine rings is 1. The smallest absolute Gasteiger partial charge is 0.329 e. The van der Waals surface area contributed by atoms with Crippen molar-refractivity contribution < 1.29 is 17.7 Å². The molecule has 3 heterocycles. The van der Waals surface area contributed by atoms with Gasteiger partial charge in [0.1, 0.15) is 5.69 Å². The molecular formula is C12H11F3N4O. The summed E-state index contributed by atoms with van der Waals surface area (Å²) >= 11 is 0. The zero-order valence-electron chi connectivity index (χ0n) is 10.3. The van der Waals surface area contributed by atoms with E-state index in [0.717, 1.165) is 25.1 Å². The molecule has 8 heteroatoms. The standard InChI is InChI=1S/C12H11F3N4O/c13-12(14,15)11-18-10(19-20-11)9-4-1-3-8(17-9)7-5-2-6-16-7/h1,3-4,7,16H,2,5-6H2. The van der Waals surface area contributed by atoms with Crippen molar-refractivity contribution in [1.82, 2.24) is 20.4 Å². The quantitative estimate of drug-likeness (QED) is 0.918. The van der Waals surface area contributed by atoms with E-state index in [0.29, 0.717) is 0 Å². The van der Waals surface area contributed by atoms with Crippen molar-refractivity contribution in [2.45, 2.75) is 25.1 Å². The summed E-state index contributed by atoms with van der Waals surface area (Å²) in [6, 6.07) is 5.24. The van der Waals surface area contributed by atoms with Crippen molar-refractivity contribution in [3.05, 3.63) is 29.8 Å². The third-order valence-electron chi connectivity index (χ3n) is 3.09. The van der Waals surface area contributed by atoms with Crippen LogP contribution in [0, 0.1) is 0 Å². The van der Waals surface area contributed by atoms with Gasteiger partial charge < -0.3 is 9.84 Å². The lowest BCUT2D eigenvalue weighted by Gasteiger charge is -2.09. The number of hydrogen-bond donors (Lipinski definition) is 1. The normalized spacial score (nSPS) is 19.4. The van der Waals surface area contributed by atoms with Gasteiger partial charge in [0.05, 0.1) is 5.69 Å². The van der Waals surface area contributed by atoms with Gasteiger partial charge in [0.25, 0.3) is 0 Å². The van der Waals surface area contributed by atoms with Gasteiger partial charge in [-0.05, 0) is 31.5 Å². The highest BCUT2D eigenvalue weighted by Crippen LogP contribution is 2.29. The second kappa shape index (κ2) is 4.86. The summed E-state index contributed by atoms with van der Waals surface area (Å²) in [5.41, 5.74) is 1.05. The first-order valence-electron chi connectivity index (χ1n) is 6.15. The zero-order valence-corrected chi connectivity index (χ0v) is 10.3. The lowest BCUT2D eigenvalue weighted by Crippen LogP contribution is -2.14. The summed E-state index contributed by atoms with van der Waals surface area (Å²) in [4.78, 5) is 7.64. The van der Waals surface area contributed by atoms with Gasteiger partial charge >= 0.3 is 12.1 Å². The summed E-state index contributed by atoms with van der Waals surface area (Å²) in [5, 5.41) is 6.61. The Morgan fingerprint density at radius 3 is 2.75 bits per heavy atom. The molecule has 0 radical (unpaired) electrons. The average molecular weight is 284 g/mol. The highest BCUT2D eigenvalue weighted by Gasteiger charge is 2.38. The van der Waals surface area contributed by atoms with Crippen molar-refractivity contribution in [1.29, 1.82) is 0 Å². The highest BCUT2D eigenvalue weighted by atomic mass is 19.4. The van der Waals surface area contributed by atoms with Crippen LogP contribution in [0.4, 0.5) is 13.2 Å². The molecule has 0 aromatic carbocycles. The Balaban J connectivity index is 1.90. The van der Waals surface area contributed by atoms with Crippen molar-refractivity contribution in [3.63, 3.8) is 0 Å². The molecule has 0 saturated carbocycles. The van der Waals surface area contributed by atoms with E-state index >= 15 is 0 Å². The molecule has 0 amide bonds. The summed E-state index contributed by atoms with van der Waals surface area (Å²) in [6.07, 6.45) is -2.64. The van der Waals surface area contributed by atoms with E-state index in [4.69, 9.17) is 0 Å². The molecule has 1 N–H and O–H groups in total. The van der Waals surface area contributed by atoms with E-state index in [2.05, 4.69) is 25.0 Å². The number of nitrogens with zero attached hydrogens (tertiary/aromatic N) is 3. The Hall–Kier alpha value is -1.96. The molecule has 2 aromatic heterocycles. The van der Waals surface area contributed by atoms with Crippen molar-refractivity contribution in [2.24, 2.45) is 0 Å². The van der Waals surface area contributed by atoms with Gasteiger partial charge in [-0.3, -0.25) is 0 Å². The minimum absolute atomic E-state index is 0.129. The van der Waals surface area contributed by atoms with Crippen LogP contribution < -0.4 is 5.32 Å². The van der Waals surface area contributed by atoms with Crippen LogP contribution in [0.2, 0.25) is 0 Å². The van der Waals surface area contributed by atoms with Gasteiger partial charge in [-0.1, -0.05) is 11.2 Å². The molecule has 3 rings (SSSR count). The third-order valence-corrected chi connectivity index (χ3v) is 3.09. The predicted octanol–water partition coefficient (Wildman–Crippen LogP) is 2.57. The first-order chi connectivity index (χ1) is 9.54. The summed E-state index contributed by atoms with van der Waals surface area (Å²) < 4.78 is 41.5. The Morgan fingerprint density at radius 2 is 2.10 bits per heavy atom. The predicted molar refractivity (Wildman–Crippen MR) is 62.5 cm³/mol. The molecule has 1 aliphatic rings. The Morgan fingerprint density at radius 1 is 1.25 bits per heavy atom. The molecule has 2 aromatic rings. The second-order valence-corrected chi connectivity index (χ2v) is 4.52. The number of nitrogens with one attached hydrogen (secondary N) is 1. The van der Waals surface area contributed by atoms with E-state index in [1.165, 1.54) is 0 Å². The van der Waals surface area contributed by atoms with Crippen molar-refractivity contribution in [3.8, 4) is 11.5 Å². The van der Waals surface area contributed by atoms with Crippen LogP contribution in [0.5, 0.6) is 0 Å². The maximum atomic E-state index is 12.4. The molecule has 0 bridgehead atoms. The van der Waals surface area contributed by atoms with Crippen LogP contribution in [0.1, 0.15) is 30.5 Å². The summed E-state index contributed by atoms with van der Waals surface area (Å²) in [5.74, 6) is -1.52. The maximum absolute atomic E-state index is 12.4. The largest absolute Gasteiger partial charge is 0.471 e.